The maximum absolute atomic E-state index is 12.5. The van der Waals surface area contributed by atoms with E-state index in [-0.39, 0.29) is 5.69 Å². The van der Waals surface area contributed by atoms with Gasteiger partial charge in [-0.15, -0.1) is 0 Å². The first-order valence-electron chi connectivity index (χ1n) is 6.81. The summed E-state index contributed by atoms with van der Waals surface area (Å²) < 4.78 is 2.08. The highest BCUT2D eigenvalue weighted by atomic mass is 35.5. The molecule has 1 heterocycles. The van der Waals surface area contributed by atoms with Crippen LogP contribution >= 0.6 is 11.6 Å². The Kier molecular flexibility index (Phi) is 4.82. The highest BCUT2D eigenvalue weighted by molar-refractivity contribution is 6.30. The molecular formula is C15H15ClN2O4. The van der Waals surface area contributed by atoms with E-state index in [1.54, 1.807) is 12.1 Å². The predicted molar refractivity (Wildman–Crippen MR) is 83.2 cm³/mol. The Bertz CT molecular complexity index is 823. The summed E-state index contributed by atoms with van der Waals surface area (Å²) in [5.74, 6) is -1.37. The van der Waals surface area contributed by atoms with Gasteiger partial charge in [-0.25, -0.2) is 14.2 Å². The SMILES string of the molecule is CCCCn1cc(C(=O)O)c(=O)n(-c2cccc(Cl)c2)c1=O. The minimum Gasteiger partial charge on any atom is -0.477 e. The van der Waals surface area contributed by atoms with Crippen molar-refractivity contribution in [2.24, 2.45) is 0 Å². The summed E-state index contributed by atoms with van der Waals surface area (Å²) in [6, 6.07) is 6.17. The number of hydrogen-bond acceptors (Lipinski definition) is 3. The van der Waals surface area contributed by atoms with E-state index in [0.29, 0.717) is 18.0 Å². The molecule has 0 fully saturated rings. The summed E-state index contributed by atoms with van der Waals surface area (Å²) in [7, 11) is 0. The van der Waals surface area contributed by atoms with E-state index in [4.69, 9.17) is 11.6 Å². The van der Waals surface area contributed by atoms with Crippen LogP contribution in [0.1, 0.15) is 30.1 Å². The molecule has 7 heteroatoms. The van der Waals surface area contributed by atoms with Gasteiger partial charge >= 0.3 is 11.7 Å². The average Bonchev–Trinajstić information content (AvgIpc) is 2.46. The number of halogens is 1. The van der Waals surface area contributed by atoms with Crippen molar-refractivity contribution < 1.29 is 9.90 Å². The third-order valence-electron chi connectivity index (χ3n) is 3.20. The van der Waals surface area contributed by atoms with Crippen LogP contribution in [-0.4, -0.2) is 20.2 Å². The zero-order valence-corrected chi connectivity index (χ0v) is 12.7. The number of carboxylic acid groups (broad SMARTS) is 1. The molecule has 1 N–H and O–H groups in total. The second kappa shape index (κ2) is 6.62. The molecule has 0 unspecified atom stereocenters. The van der Waals surface area contributed by atoms with Crippen molar-refractivity contribution in [2.45, 2.75) is 26.3 Å². The minimum atomic E-state index is -1.37. The predicted octanol–water partition coefficient (Wildman–Crippen LogP) is 2.15. The van der Waals surface area contributed by atoms with Crippen LogP contribution in [0.3, 0.4) is 0 Å². The van der Waals surface area contributed by atoms with Crippen molar-refractivity contribution in [1.82, 2.24) is 9.13 Å². The molecule has 0 saturated carbocycles. The van der Waals surface area contributed by atoms with Gasteiger partial charge in [0.05, 0.1) is 5.69 Å². The number of carboxylic acids is 1. The molecule has 6 nitrogen and oxygen atoms in total. The summed E-state index contributed by atoms with van der Waals surface area (Å²) in [5.41, 5.74) is -1.65. The van der Waals surface area contributed by atoms with Crippen LogP contribution in [0.25, 0.3) is 5.69 Å². The first kappa shape index (κ1) is 16.0. The van der Waals surface area contributed by atoms with Crippen LogP contribution in [0.4, 0.5) is 0 Å². The van der Waals surface area contributed by atoms with Gasteiger partial charge in [0, 0.05) is 17.8 Å². The number of aromatic carboxylic acids is 1. The number of carbonyl (C=O) groups is 1. The Morgan fingerprint density at radius 2 is 2.05 bits per heavy atom. The second-order valence-electron chi connectivity index (χ2n) is 4.80. The Labute approximate surface area is 131 Å². The second-order valence-corrected chi connectivity index (χ2v) is 5.23. The Morgan fingerprint density at radius 3 is 2.64 bits per heavy atom. The van der Waals surface area contributed by atoms with Gasteiger partial charge in [-0.2, -0.15) is 0 Å². The van der Waals surface area contributed by atoms with Crippen LogP contribution in [-0.2, 0) is 6.54 Å². The van der Waals surface area contributed by atoms with E-state index in [1.807, 2.05) is 6.92 Å². The molecule has 0 amide bonds. The standard InChI is InChI=1S/C15H15ClN2O4/c1-2-3-7-17-9-12(14(20)21)13(19)18(15(17)22)11-6-4-5-10(16)8-11/h4-6,8-9H,2-3,7H2,1H3,(H,20,21). The summed E-state index contributed by atoms with van der Waals surface area (Å²) in [6.07, 6.45) is 2.64. The number of aromatic nitrogens is 2. The van der Waals surface area contributed by atoms with Crippen LogP contribution in [0, 0.1) is 0 Å². The summed E-state index contributed by atoms with van der Waals surface area (Å²) >= 11 is 5.88. The number of unbranched alkanes of at least 4 members (excludes halogenated alkanes) is 1. The molecule has 0 atom stereocenters. The summed E-state index contributed by atoms with van der Waals surface area (Å²) in [5, 5.41) is 9.53. The molecule has 0 aliphatic rings. The maximum Gasteiger partial charge on any atom is 0.342 e. The maximum atomic E-state index is 12.5. The first-order chi connectivity index (χ1) is 10.5. The fourth-order valence-corrected chi connectivity index (χ4v) is 2.26. The molecule has 2 rings (SSSR count). The van der Waals surface area contributed by atoms with Crippen molar-refractivity contribution in [1.29, 1.82) is 0 Å². The van der Waals surface area contributed by atoms with Crippen molar-refractivity contribution in [3.63, 3.8) is 0 Å². The fraction of sp³-hybridized carbons (Fsp3) is 0.267. The van der Waals surface area contributed by atoms with Crippen molar-refractivity contribution >= 4 is 17.6 Å². The molecule has 1 aromatic carbocycles. The lowest BCUT2D eigenvalue weighted by atomic mass is 10.2. The van der Waals surface area contributed by atoms with Gasteiger partial charge in [0.25, 0.3) is 5.56 Å². The summed E-state index contributed by atoms with van der Waals surface area (Å²) in [6.45, 7) is 2.30. The smallest absolute Gasteiger partial charge is 0.342 e. The van der Waals surface area contributed by atoms with E-state index in [9.17, 15) is 19.5 Å². The van der Waals surface area contributed by atoms with Crippen molar-refractivity contribution in [3.8, 4) is 5.69 Å². The number of aryl methyl sites for hydroxylation is 1. The molecule has 0 spiro atoms. The molecule has 1 aromatic heterocycles. The number of nitrogens with zero attached hydrogens (tertiary/aromatic N) is 2. The van der Waals surface area contributed by atoms with E-state index in [2.05, 4.69) is 0 Å². The van der Waals surface area contributed by atoms with E-state index in [0.717, 1.165) is 17.2 Å². The quantitative estimate of drug-likeness (QED) is 0.914. The largest absolute Gasteiger partial charge is 0.477 e. The fourth-order valence-electron chi connectivity index (χ4n) is 2.08. The number of hydrogen-bond donors (Lipinski definition) is 1. The zero-order chi connectivity index (χ0) is 16.3. The van der Waals surface area contributed by atoms with E-state index >= 15 is 0 Å². The topological polar surface area (TPSA) is 81.3 Å². The normalized spacial score (nSPS) is 10.6. The Balaban J connectivity index is 2.76. The minimum absolute atomic E-state index is 0.246. The molecule has 0 bridgehead atoms. The molecule has 22 heavy (non-hydrogen) atoms. The van der Waals surface area contributed by atoms with Gasteiger partial charge < -0.3 is 5.11 Å². The first-order valence-corrected chi connectivity index (χ1v) is 7.19. The lowest BCUT2D eigenvalue weighted by molar-refractivity contribution is 0.0693. The van der Waals surface area contributed by atoms with Crippen LogP contribution in [0.2, 0.25) is 5.02 Å². The summed E-state index contributed by atoms with van der Waals surface area (Å²) in [4.78, 5) is 36.0. The average molecular weight is 323 g/mol. The number of rotatable bonds is 5. The monoisotopic (exact) mass is 322 g/mol. The van der Waals surface area contributed by atoms with Gasteiger partial charge in [0.2, 0.25) is 0 Å². The van der Waals surface area contributed by atoms with Crippen molar-refractivity contribution in [2.75, 3.05) is 0 Å². The van der Waals surface area contributed by atoms with Crippen LogP contribution in [0.5, 0.6) is 0 Å². The third kappa shape index (κ3) is 3.12. The molecule has 0 aliphatic heterocycles. The Hall–Kier alpha value is -2.34. The highest BCUT2D eigenvalue weighted by Gasteiger charge is 2.17. The molecular weight excluding hydrogens is 308 g/mol. The van der Waals surface area contributed by atoms with Gasteiger partial charge in [-0.3, -0.25) is 9.36 Å². The highest BCUT2D eigenvalue weighted by Crippen LogP contribution is 2.12. The van der Waals surface area contributed by atoms with Gasteiger partial charge in [0.15, 0.2) is 0 Å². The zero-order valence-electron chi connectivity index (χ0n) is 12.0. The van der Waals surface area contributed by atoms with Gasteiger partial charge in [-0.05, 0) is 24.6 Å². The van der Waals surface area contributed by atoms with E-state index < -0.39 is 22.8 Å². The van der Waals surface area contributed by atoms with Crippen molar-refractivity contribution in [3.05, 3.63) is 61.9 Å². The molecule has 0 aliphatic carbocycles. The lowest BCUT2D eigenvalue weighted by Crippen LogP contribution is -2.41. The molecule has 116 valence electrons. The number of benzene rings is 1. The van der Waals surface area contributed by atoms with Crippen LogP contribution < -0.4 is 11.2 Å². The molecule has 0 saturated heterocycles. The van der Waals surface area contributed by atoms with Crippen LogP contribution in [0.15, 0.2) is 40.1 Å². The molecule has 0 radical (unpaired) electrons. The molecule has 2 aromatic rings. The van der Waals surface area contributed by atoms with Gasteiger partial charge in [0.1, 0.15) is 5.56 Å². The lowest BCUT2D eigenvalue weighted by Gasteiger charge is -2.11. The Morgan fingerprint density at radius 1 is 1.32 bits per heavy atom. The van der Waals surface area contributed by atoms with Gasteiger partial charge in [-0.1, -0.05) is 31.0 Å². The van der Waals surface area contributed by atoms with E-state index in [1.165, 1.54) is 16.7 Å². The third-order valence-corrected chi connectivity index (χ3v) is 3.44.